The van der Waals surface area contributed by atoms with Gasteiger partial charge in [0.2, 0.25) is 0 Å². The summed E-state index contributed by atoms with van der Waals surface area (Å²) < 4.78 is 10.9. The van der Waals surface area contributed by atoms with Crippen LogP contribution in [0.15, 0.2) is 66.7 Å². The lowest BCUT2D eigenvalue weighted by Gasteiger charge is -2.10. The van der Waals surface area contributed by atoms with Crippen LogP contribution >= 0.6 is 0 Å². The van der Waals surface area contributed by atoms with E-state index < -0.39 is 11.9 Å². The van der Waals surface area contributed by atoms with E-state index in [1.807, 2.05) is 24.3 Å². The smallest absolute Gasteiger partial charge is 0.335 e. The standard InChI is InChI=1S/C31H35NO6/c1-37-27-17-13-23(14-18-27)9-6-4-2-3-5-7-10-24-15-16-26(32-29(24)19-20-30(33)34)22-38-28-12-8-11-25(21-28)31(35)36/h8,11-21H,2-7,9-10,22H2,1H3,(H,33,34)(H,35,36). The molecular formula is C31H35NO6. The molecule has 2 N–H and O–H groups in total. The number of ether oxygens (including phenoxy) is 2. The van der Waals surface area contributed by atoms with Gasteiger partial charge in [-0.15, -0.1) is 0 Å². The Morgan fingerprint density at radius 3 is 2.24 bits per heavy atom. The van der Waals surface area contributed by atoms with Gasteiger partial charge in [0.15, 0.2) is 0 Å². The van der Waals surface area contributed by atoms with Gasteiger partial charge < -0.3 is 19.7 Å². The third kappa shape index (κ3) is 9.73. The Labute approximate surface area is 223 Å². The first-order chi connectivity index (χ1) is 18.4. The number of nitrogens with zero attached hydrogens (tertiary/aromatic N) is 1. The molecule has 1 aromatic heterocycles. The predicted octanol–water partition coefficient (Wildman–Crippen LogP) is 6.59. The van der Waals surface area contributed by atoms with E-state index in [4.69, 9.17) is 19.7 Å². The van der Waals surface area contributed by atoms with Crippen LogP contribution in [-0.2, 0) is 24.2 Å². The van der Waals surface area contributed by atoms with Gasteiger partial charge in [-0.1, -0.05) is 49.9 Å². The molecule has 0 aliphatic carbocycles. The molecule has 0 radical (unpaired) electrons. The highest BCUT2D eigenvalue weighted by Gasteiger charge is 2.08. The molecule has 7 heteroatoms. The molecule has 3 rings (SSSR count). The summed E-state index contributed by atoms with van der Waals surface area (Å²) in [7, 11) is 1.68. The van der Waals surface area contributed by atoms with Gasteiger partial charge in [-0.25, -0.2) is 14.6 Å². The fourth-order valence-corrected chi connectivity index (χ4v) is 4.15. The van der Waals surface area contributed by atoms with Crippen LogP contribution in [0.2, 0.25) is 0 Å². The SMILES string of the molecule is COc1ccc(CCCCCCCCc2ccc(COc3cccc(C(=O)O)c3)nc2C=CC(=O)O)cc1. The second-order valence-corrected chi connectivity index (χ2v) is 9.11. The first kappa shape index (κ1) is 28.4. The first-order valence-corrected chi connectivity index (χ1v) is 12.9. The number of carboxylic acid groups (broad SMARTS) is 2. The minimum atomic E-state index is -1.03. The van der Waals surface area contributed by atoms with Crippen LogP contribution in [0.25, 0.3) is 6.08 Å². The van der Waals surface area contributed by atoms with Crippen LogP contribution in [0.4, 0.5) is 0 Å². The number of carboxylic acids is 2. The highest BCUT2D eigenvalue weighted by molar-refractivity contribution is 5.88. The van der Waals surface area contributed by atoms with Gasteiger partial charge in [0.05, 0.1) is 24.1 Å². The number of pyridine rings is 1. The number of unbranched alkanes of at least 4 members (excludes halogenated alkanes) is 5. The molecule has 0 aliphatic rings. The third-order valence-corrected chi connectivity index (χ3v) is 6.24. The normalized spacial score (nSPS) is 11.0. The molecule has 1 heterocycles. The van der Waals surface area contributed by atoms with E-state index >= 15 is 0 Å². The number of methoxy groups -OCH3 is 1. The zero-order valence-corrected chi connectivity index (χ0v) is 21.8. The van der Waals surface area contributed by atoms with Gasteiger partial charge in [0, 0.05) is 6.08 Å². The molecule has 38 heavy (non-hydrogen) atoms. The minimum Gasteiger partial charge on any atom is -0.497 e. The van der Waals surface area contributed by atoms with Crippen molar-refractivity contribution in [1.82, 2.24) is 4.98 Å². The molecule has 0 saturated heterocycles. The van der Waals surface area contributed by atoms with Crippen LogP contribution in [0, 0.1) is 0 Å². The molecule has 0 fully saturated rings. The number of hydrogen-bond acceptors (Lipinski definition) is 5. The summed E-state index contributed by atoms with van der Waals surface area (Å²) in [6, 6.07) is 18.4. The monoisotopic (exact) mass is 517 g/mol. The van der Waals surface area contributed by atoms with Crippen LogP contribution in [-0.4, -0.2) is 34.2 Å². The molecule has 0 spiro atoms. The average molecular weight is 518 g/mol. The highest BCUT2D eigenvalue weighted by Crippen LogP contribution is 2.19. The third-order valence-electron chi connectivity index (χ3n) is 6.24. The van der Waals surface area contributed by atoms with Crippen molar-refractivity contribution >= 4 is 18.0 Å². The summed E-state index contributed by atoms with van der Waals surface area (Å²) in [5.41, 5.74) is 3.73. The number of aryl methyl sites for hydroxylation is 2. The van der Waals surface area contributed by atoms with E-state index in [0.29, 0.717) is 17.1 Å². The predicted molar refractivity (Wildman–Crippen MR) is 147 cm³/mol. The molecule has 0 saturated carbocycles. The molecule has 0 amide bonds. The lowest BCUT2D eigenvalue weighted by Crippen LogP contribution is -2.03. The average Bonchev–Trinajstić information content (AvgIpc) is 2.93. The molecule has 0 bridgehead atoms. The van der Waals surface area contributed by atoms with Gasteiger partial charge in [0.25, 0.3) is 0 Å². The number of aromatic carboxylic acids is 1. The fourth-order valence-electron chi connectivity index (χ4n) is 4.15. The van der Waals surface area contributed by atoms with Crippen molar-refractivity contribution in [1.29, 1.82) is 0 Å². The number of benzene rings is 2. The lowest BCUT2D eigenvalue weighted by atomic mass is 10.0. The Hall–Kier alpha value is -4.13. The summed E-state index contributed by atoms with van der Waals surface area (Å²) in [6.45, 7) is 0.147. The van der Waals surface area contributed by atoms with E-state index in [0.717, 1.165) is 49.5 Å². The molecule has 200 valence electrons. The van der Waals surface area contributed by atoms with Crippen molar-refractivity contribution in [3.8, 4) is 11.5 Å². The van der Waals surface area contributed by atoms with Gasteiger partial charge in [0.1, 0.15) is 18.1 Å². The molecular weight excluding hydrogens is 482 g/mol. The molecule has 3 aromatic rings. The maximum absolute atomic E-state index is 11.2. The summed E-state index contributed by atoms with van der Waals surface area (Å²) in [4.78, 5) is 26.8. The molecule has 0 unspecified atom stereocenters. The summed E-state index contributed by atoms with van der Waals surface area (Å²) >= 11 is 0. The van der Waals surface area contributed by atoms with Crippen molar-refractivity contribution in [3.63, 3.8) is 0 Å². The van der Waals surface area contributed by atoms with Gasteiger partial charge in [-0.05, 0) is 79.3 Å². The largest absolute Gasteiger partial charge is 0.497 e. The molecule has 7 nitrogen and oxygen atoms in total. The summed E-state index contributed by atoms with van der Waals surface area (Å²) in [5, 5.41) is 18.2. The van der Waals surface area contributed by atoms with Gasteiger partial charge in [-0.2, -0.15) is 0 Å². The number of aromatic nitrogens is 1. The summed E-state index contributed by atoms with van der Waals surface area (Å²) in [6.07, 6.45) is 11.4. The van der Waals surface area contributed by atoms with Crippen molar-refractivity contribution in [2.24, 2.45) is 0 Å². The Kier molecular flexibility index (Phi) is 11.4. The van der Waals surface area contributed by atoms with Gasteiger partial charge in [-0.3, -0.25) is 0 Å². The Balaban J connectivity index is 1.45. The minimum absolute atomic E-state index is 0.146. The molecule has 2 aromatic carbocycles. The second-order valence-electron chi connectivity index (χ2n) is 9.11. The van der Waals surface area contributed by atoms with E-state index in [1.54, 1.807) is 19.2 Å². The quantitative estimate of drug-likeness (QED) is 0.163. The van der Waals surface area contributed by atoms with Crippen LogP contribution in [0.1, 0.15) is 71.4 Å². The highest BCUT2D eigenvalue weighted by atomic mass is 16.5. The van der Waals surface area contributed by atoms with Crippen LogP contribution in [0.3, 0.4) is 0 Å². The van der Waals surface area contributed by atoms with E-state index in [1.165, 1.54) is 43.0 Å². The Bertz CT molecular complexity index is 1220. The van der Waals surface area contributed by atoms with Crippen LogP contribution in [0.5, 0.6) is 11.5 Å². The molecule has 0 aliphatic heterocycles. The number of hydrogen-bond donors (Lipinski definition) is 2. The van der Waals surface area contributed by atoms with E-state index in [9.17, 15) is 9.59 Å². The molecule has 0 atom stereocenters. The maximum Gasteiger partial charge on any atom is 0.335 e. The first-order valence-electron chi connectivity index (χ1n) is 12.9. The van der Waals surface area contributed by atoms with Crippen molar-refractivity contribution in [3.05, 3.63) is 94.8 Å². The zero-order valence-electron chi connectivity index (χ0n) is 21.8. The lowest BCUT2D eigenvalue weighted by molar-refractivity contribution is -0.131. The topological polar surface area (TPSA) is 106 Å². The van der Waals surface area contributed by atoms with E-state index in [-0.39, 0.29) is 12.2 Å². The number of rotatable bonds is 16. The Morgan fingerprint density at radius 2 is 1.55 bits per heavy atom. The second kappa shape index (κ2) is 15.2. The fraction of sp³-hybridized carbons (Fsp3) is 0.323. The van der Waals surface area contributed by atoms with Crippen molar-refractivity contribution < 1.29 is 29.3 Å². The number of carbonyl (C=O) groups is 2. The maximum atomic E-state index is 11.2. The van der Waals surface area contributed by atoms with Gasteiger partial charge >= 0.3 is 11.9 Å². The Morgan fingerprint density at radius 1 is 0.842 bits per heavy atom. The van der Waals surface area contributed by atoms with Crippen LogP contribution < -0.4 is 9.47 Å². The summed E-state index contributed by atoms with van der Waals surface area (Å²) in [5.74, 6) is -0.730. The van der Waals surface area contributed by atoms with Crippen molar-refractivity contribution in [2.75, 3.05) is 7.11 Å². The number of aliphatic carboxylic acids is 1. The van der Waals surface area contributed by atoms with E-state index in [2.05, 4.69) is 17.1 Å². The zero-order chi connectivity index (χ0) is 27.2. The van der Waals surface area contributed by atoms with Crippen molar-refractivity contribution in [2.45, 2.75) is 58.0 Å².